The minimum Gasteiger partial charge on any atom is -0.504 e. The molecule has 2 rings (SSSR count). The maximum atomic E-state index is 12.1. The minimum absolute atomic E-state index is 0.158. The molecule has 0 heterocycles. The number of hydrogen-bond donors (Lipinski definition) is 2. The number of rotatable bonds is 4. The van der Waals surface area contributed by atoms with Crippen LogP contribution in [0.5, 0.6) is 11.5 Å². The molecule has 1 amide bonds. The van der Waals surface area contributed by atoms with Crippen molar-refractivity contribution in [3.8, 4) is 11.5 Å². The first-order valence-corrected chi connectivity index (χ1v) is 6.51. The van der Waals surface area contributed by atoms with E-state index >= 15 is 0 Å². The van der Waals surface area contributed by atoms with Gasteiger partial charge in [-0.1, -0.05) is 18.2 Å². The van der Waals surface area contributed by atoms with Crippen molar-refractivity contribution in [3.05, 3.63) is 53.6 Å². The van der Waals surface area contributed by atoms with Gasteiger partial charge in [-0.25, -0.2) is 0 Å². The molecule has 2 N–H and O–H groups in total. The quantitative estimate of drug-likeness (QED) is 0.849. The van der Waals surface area contributed by atoms with E-state index in [4.69, 9.17) is 16.3 Å². The number of carbonyl (C=O) groups is 1. The van der Waals surface area contributed by atoms with Crippen molar-refractivity contribution in [1.82, 2.24) is 0 Å². The second kappa shape index (κ2) is 6.30. The molecule has 5 heteroatoms. The summed E-state index contributed by atoms with van der Waals surface area (Å²) in [5.74, 6) is 0.102. The van der Waals surface area contributed by atoms with Crippen LogP contribution in [0.1, 0.15) is 15.9 Å². The molecule has 0 aliphatic carbocycles. The van der Waals surface area contributed by atoms with E-state index < -0.39 is 5.91 Å². The van der Waals surface area contributed by atoms with E-state index in [1.165, 1.54) is 13.2 Å². The molecule has 4 nitrogen and oxygen atoms in total. The van der Waals surface area contributed by atoms with E-state index in [1.54, 1.807) is 24.3 Å². The van der Waals surface area contributed by atoms with Gasteiger partial charge in [0.2, 0.25) is 0 Å². The summed E-state index contributed by atoms with van der Waals surface area (Å²) in [6.45, 7) is 0. The molecule has 0 aromatic heterocycles. The highest BCUT2D eigenvalue weighted by molar-refractivity contribution is 6.17. The van der Waals surface area contributed by atoms with Gasteiger partial charge in [0.15, 0.2) is 11.5 Å². The van der Waals surface area contributed by atoms with Gasteiger partial charge in [0.05, 0.1) is 12.7 Å². The number of anilines is 1. The maximum Gasteiger partial charge on any atom is 0.259 e. The third-order valence-corrected chi connectivity index (χ3v) is 3.14. The zero-order valence-corrected chi connectivity index (χ0v) is 11.6. The first kappa shape index (κ1) is 14.2. The monoisotopic (exact) mass is 291 g/mol. The molecule has 0 spiro atoms. The van der Waals surface area contributed by atoms with Crippen LogP contribution in [0.2, 0.25) is 0 Å². The summed E-state index contributed by atoms with van der Waals surface area (Å²) < 4.78 is 4.97. The number of alkyl halides is 1. The van der Waals surface area contributed by atoms with Crippen molar-refractivity contribution < 1.29 is 14.6 Å². The molecule has 0 bridgehead atoms. The van der Waals surface area contributed by atoms with Gasteiger partial charge in [-0.05, 0) is 29.8 Å². The Balaban J connectivity index is 2.19. The van der Waals surface area contributed by atoms with E-state index in [0.29, 0.717) is 11.6 Å². The average Bonchev–Trinajstić information content (AvgIpc) is 2.48. The van der Waals surface area contributed by atoms with Crippen molar-refractivity contribution in [1.29, 1.82) is 0 Å². The predicted octanol–water partition coefficient (Wildman–Crippen LogP) is 3.39. The van der Waals surface area contributed by atoms with Gasteiger partial charge >= 0.3 is 0 Å². The van der Waals surface area contributed by atoms with Gasteiger partial charge in [0.1, 0.15) is 0 Å². The van der Waals surface area contributed by atoms with Crippen LogP contribution in [0.3, 0.4) is 0 Å². The largest absolute Gasteiger partial charge is 0.504 e. The number of para-hydroxylation sites is 1. The standard InChI is InChI=1S/C15H14ClNO3/c1-20-13-4-2-3-12(14(13)18)15(19)17-11-7-5-10(9-16)6-8-11/h2-8,18H,9H2,1H3,(H,17,19). The Morgan fingerprint density at radius 1 is 1.25 bits per heavy atom. The molecular formula is C15H14ClNO3. The number of phenolic OH excluding ortho intramolecular Hbond substituents is 1. The van der Waals surface area contributed by atoms with Crippen LogP contribution >= 0.6 is 11.6 Å². The highest BCUT2D eigenvalue weighted by Gasteiger charge is 2.14. The van der Waals surface area contributed by atoms with Crippen molar-refractivity contribution in [3.63, 3.8) is 0 Å². The molecule has 0 aliphatic heterocycles. The third kappa shape index (κ3) is 3.03. The van der Waals surface area contributed by atoms with Crippen LogP contribution in [0.15, 0.2) is 42.5 Å². The maximum absolute atomic E-state index is 12.1. The zero-order valence-electron chi connectivity index (χ0n) is 10.9. The van der Waals surface area contributed by atoms with E-state index in [1.807, 2.05) is 12.1 Å². The number of phenols is 1. The summed E-state index contributed by atoms with van der Waals surface area (Å²) in [5.41, 5.74) is 1.76. The van der Waals surface area contributed by atoms with Crippen molar-refractivity contribution >= 4 is 23.2 Å². The second-order valence-electron chi connectivity index (χ2n) is 4.14. The van der Waals surface area contributed by atoms with Crippen molar-refractivity contribution in [2.24, 2.45) is 0 Å². The Labute approximate surface area is 122 Å². The first-order valence-electron chi connectivity index (χ1n) is 5.98. The topological polar surface area (TPSA) is 58.6 Å². The van der Waals surface area contributed by atoms with Crippen LogP contribution in [-0.2, 0) is 5.88 Å². The number of nitrogens with one attached hydrogen (secondary N) is 1. The molecule has 0 atom stereocenters. The van der Waals surface area contributed by atoms with Gasteiger partial charge in [-0.3, -0.25) is 4.79 Å². The lowest BCUT2D eigenvalue weighted by Crippen LogP contribution is -2.12. The molecule has 0 radical (unpaired) electrons. The fourth-order valence-electron chi connectivity index (χ4n) is 1.75. The normalized spacial score (nSPS) is 10.1. The minimum atomic E-state index is -0.403. The molecular weight excluding hydrogens is 278 g/mol. The summed E-state index contributed by atoms with van der Waals surface area (Å²) in [4.78, 5) is 12.1. The van der Waals surface area contributed by atoms with E-state index in [-0.39, 0.29) is 17.1 Å². The summed E-state index contributed by atoms with van der Waals surface area (Å²) in [5, 5.41) is 12.6. The van der Waals surface area contributed by atoms with Gasteiger partial charge in [0, 0.05) is 11.6 Å². The van der Waals surface area contributed by atoms with Gasteiger partial charge in [-0.15, -0.1) is 11.6 Å². The number of aromatic hydroxyl groups is 1. The van der Waals surface area contributed by atoms with Crippen LogP contribution in [-0.4, -0.2) is 18.1 Å². The molecule has 0 saturated heterocycles. The van der Waals surface area contributed by atoms with Crippen LogP contribution in [0, 0.1) is 0 Å². The molecule has 0 unspecified atom stereocenters. The summed E-state index contributed by atoms with van der Waals surface area (Å²) in [7, 11) is 1.43. The van der Waals surface area contributed by atoms with Crippen LogP contribution in [0.25, 0.3) is 0 Å². The van der Waals surface area contributed by atoms with E-state index in [9.17, 15) is 9.90 Å². The molecule has 104 valence electrons. The Bertz CT molecular complexity index is 611. The van der Waals surface area contributed by atoms with Gasteiger partial charge in [0.25, 0.3) is 5.91 Å². The fraction of sp³-hybridized carbons (Fsp3) is 0.133. The van der Waals surface area contributed by atoms with E-state index in [0.717, 1.165) is 5.56 Å². The Morgan fingerprint density at radius 2 is 1.95 bits per heavy atom. The number of benzene rings is 2. The number of hydrogen-bond acceptors (Lipinski definition) is 3. The van der Waals surface area contributed by atoms with E-state index in [2.05, 4.69) is 5.32 Å². The Kier molecular flexibility index (Phi) is 4.48. The van der Waals surface area contributed by atoms with Crippen LogP contribution < -0.4 is 10.1 Å². The fourth-order valence-corrected chi connectivity index (χ4v) is 1.92. The Hall–Kier alpha value is -2.20. The molecule has 20 heavy (non-hydrogen) atoms. The first-order chi connectivity index (χ1) is 9.65. The smallest absolute Gasteiger partial charge is 0.259 e. The molecule has 0 aliphatic rings. The summed E-state index contributed by atoms with van der Waals surface area (Å²) in [6, 6.07) is 11.9. The van der Waals surface area contributed by atoms with Crippen molar-refractivity contribution in [2.45, 2.75) is 5.88 Å². The zero-order chi connectivity index (χ0) is 14.5. The highest BCUT2D eigenvalue weighted by atomic mass is 35.5. The summed E-state index contributed by atoms with van der Waals surface area (Å²) >= 11 is 5.70. The second-order valence-corrected chi connectivity index (χ2v) is 4.41. The van der Waals surface area contributed by atoms with Crippen molar-refractivity contribution in [2.75, 3.05) is 12.4 Å². The van der Waals surface area contributed by atoms with Crippen LogP contribution in [0.4, 0.5) is 5.69 Å². The predicted molar refractivity (Wildman–Crippen MR) is 78.6 cm³/mol. The van der Waals surface area contributed by atoms with Gasteiger partial charge in [-0.2, -0.15) is 0 Å². The number of ether oxygens (including phenoxy) is 1. The Morgan fingerprint density at radius 3 is 2.55 bits per heavy atom. The number of carbonyl (C=O) groups excluding carboxylic acids is 1. The summed E-state index contributed by atoms with van der Waals surface area (Å²) in [6.07, 6.45) is 0. The number of halogens is 1. The lowest BCUT2D eigenvalue weighted by Gasteiger charge is -2.09. The number of methoxy groups -OCH3 is 1. The highest BCUT2D eigenvalue weighted by Crippen LogP contribution is 2.29. The lowest BCUT2D eigenvalue weighted by atomic mass is 10.1. The molecule has 0 saturated carbocycles. The SMILES string of the molecule is COc1cccc(C(=O)Nc2ccc(CCl)cc2)c1O. The molecule has 2 aromatic carbocycles. The lowest BCUT2D eigenvalue weighted by molar-refractivity contribution is 0.102. The molecule has 2 aromatic rings. The average molecular weight is 292 g/mol. The number of amides is 1. The third-order valence-electron chi connectivity index (χ3n) is 2.83. The molecule has 0 fully saturated rings. The van der Waals surface area contributed by atoms with Gasteiger partial charge < -0.3 is 15.2 Å².